The highest BCUT2D eigenvalue weighted by Crippen LogP contribution is 2.37. The number of benzene rings is 1. The van der Waals surface area contributed by atoms with Gasteiger partial charge in [0.15, 0.2) is 5.66 Å². The number of hydrogen-bond donors (Lipinski definition) is 1. The smallest absolute Gasteiger partial charge is 0.231 e. The molecular weight excluding hydrogens is 304 g/mol. The Morgan fingerprint density at radius 2 is 2.04 bits per heavy atom. The van der Waals surface area contributed by atoms with E-state index in [4.69, 9.17) is 6.42 Å². The van der Waals surface area contributed by atoms with E-state index in [2.05, 4.69) is 31.7 Å². The maximum atomic E-state index is 12.1. The monoisotopic (exact) mass is 322 g/mol. The van der Waals surface area contributed by atoms with Crippen LogP contribution in [0.15, 0.2) is 46.9 Å². The van der Waals surface area contributed by atoms with Crippen molar-refractivity contribution in [2.75, 3.05) is 5.32 Å². The molecule has 0 bridgehead atoms. The molecule has 0 atom stereocenters. The van der Waals surface area contributed by atoms with Gasteiger partial charge in [-0.2, -0.15) is 10.2 Å². The first kappa shape index (κ1) is 15.9. The molecule has 122 valence electrons. The molecular formula is C17H18N6O. The van der Waals surface area contributed by atoms with Gasteiger partial charge in [0.25, 0.3) is 0 Å². The SMILES string of the molecule is C#CCCC1(CCC(=O)Nc2nncn2Cc2ccccc2)N=N1. The van der Waals surface area contributed by atoms with Gasteiger partial charge < -0.3 is 0 Å². The van der Waals surface area contributed by atoms with Gasteiger partial charge in [-0.25, -0.2) is 0 Å². The third-order valence-corrected chi connectivity index (χ3v) is 3.87. The predicted molar refractivity (Wildman–Crippen MR) is 89.1 cm³/mol. The van der Waals surface area contributed by atoms with E-state index in [1.54, 1.807) is 10.9 Å². The Morgan fingerprint density at radius 1 is 1.25 bits per heavy atom. The van der Waals surface area contributed by atoms with E-state index >= 15 is 0 Å². The second-order valence-electron chi connectivity index (χ2n) is 5.70. The van der Waals surface area contributed by atoms with Gasteiger partial charge in [0.05, 0.1) is 6.54 Å². The minimum atomic E-state index is -0.443. The van der Waals surface area contributed by atoms with Crippen LogP contribution in [0.25, 0.3) is 0 Å². The highest BCUT2D eigenvalue weighted by atomic mass is 16.1. The molecule has 7 heteroatoms. The van der Waals surface area contributed by atoms with Gasteiger partial charge in [-0.3, -0.25) is 14.7 Å². The van der Waals surface area contributed by atoms with E-state index in [1.807, 2.05) is 30.3 Å². The summed E-state index contributed by atoms with van der Waals surface area (Å²) in [6.07, 6.45) is 9.04. The van der Waals surface area contributed by atoms with Crippen LogP contribution in [-0.4, -0.2) is 26.3 Å². The summed E-state index contributed by atoms with van der Waals surface area (Å²) in [7, 11) is 0. The van der Waals surface area contributed by atoms with Crippen LogP contribution in [-0.2, 0) is 11.3 Å². The van der Waals surface area contributed by atoms with Crippen LogP contribution >= 0.6 is 0 Å². The normalized spacial score (nSPS) is 14.1. The standard InChI is InChI=1S/C17H18N6O/c1-2-3-10-17(21-22-17)11-9-15(24)19-16-20-18-13-23(16)12-14-7-5-4-6-8-14/h1,4-8,13H,3,9-12H2,(H,19,20,24). The first-order valence-corrected chi connectivity index (χ1v) is 7.80. The summed E-state index contributed by atoms with van der Waals surface area (Å²) in [5.74, 6) is 2.88. The highest BCUT2D eigenvalue weighted by molar-refractivity contribution is 5.89. The Labute approximate surface area is 140 Å². The van der Waals surface area contributed by atoms with E-state index in [-0.39, 0.29) is 5.91 Å². The Hall–Kier alpha value is -3.01. The van der Waals surface area contributed by atoms with Crippen molar-refractivity contribution in [2.45, 2.75) is 37.9 Å². The first-order valence-electron chi connectivity index (χ1n) is 7.80. The molecule has 0 radical (unpaired) electrons. The third kappa shape index (κ3) is 4.04. The molecule has 0 fully saturated rings. The van der Waals surface area contributed by atoms with Crippen LogP contribution in [0.4, 0.5) is 5.95 Å². The molecule has 3 rings (SSSR count). The van der Waals surface area contributed by atoms with Crippen molar-refractivity contribution in [3.8, 4) is 12.3 Å². The molecule has 0 unspecified atom stereocenters. The van der Waals surface area contributed by atoms with Gasteiger partial charge in [-0.05, 0) is 5.56 Å². The summed E-state index contributed by atoms with van der Waals surface area (Å²) in [6, 6.07) is 9.92. The lowest BCUT2D eigenvalue weighted by atomic mass is 10.0. The Morgan fingerprint density at radius 3 is 2.75 bits per heavy atom. The van der Waals surface area contributed by atoms with Gasteiger partial charge in [-0.1, -0.05) is 30.3 Å². The molecule has 0 saturated carbocycles. The van der Waals surface area contributed by atoms with E-state index in [0.29, 0.717) is 38.2 Å². The Kier molecular flexibility index (Phi) is 4.66. The van der Waals surface area contributed by atoms with Gasteiger partial charge in [0.2, 0.25) is 11.9 Å². The fourth-order valence-electron chi connectivity index (χ4n) is 2.42. The summed E-state index contributed by atoms with van der Waals surface area (Å²) in [6.45, 7) is 0.597. The molecule has 1 N–H and O–H groups in total. The fraction of sp³-hybridized carbons (Fsp3) is 0.353. The number of carbonyl (C=O) groups is 1. The molecule has 1 aliphatic heterocycles. The average Bonchev–Trinajstić information content (AvgIpc) is 3.26. The van der Waals surface area contributed by atoms with Gasteiger partial charge in [0.1, 0.15) is 6.33 Å². The van der Waals surface area contributed by atoms with Gasteiger partial charge in [0, 0.05) is 25.7 Å². The second-order valence-corrected chi connectivity index (χ2v) is 5.70. The van der Waals surface area contributed by atoms with Gasteiger partial charge in [-0.15, -0.1) is 22.5 Å². The zero-order valence-electron chi connectivity index (χ0n) is 13.2. The number of aromatic nitrogens is 3. The first-order chi connectivity index (χ1) is 11.7. The lowest BCUT2D eigenvalue weighted by molar-refractivity contribution is -0.116. The minimum Gasteiger partial charge on any atom is -0.295 e. The molecule has 2 heterocycles. The van der Waals surface area contributed by atoms with Crippen molar-refractivity contribution >= 4 is 11.9 Å². The second kappa shape index (κ2) is 7.04. The highest BCUT2D eigenvalue weighted by Gasteiger charge is 2.39. The van der Waals surface area contributed by atoms with Crippen LogP contribution in [0.5, 0.6) is 0 Å². The van der Waals surface area contributed by atoms with Crippen LogP contribution < -0.4 is 5.32 Å². The summed E-state index contributed by atoms with van der Waals surface area (Å²) >= 11 is 0. The van der Waals surface area contributed by atoms with E-state index in [0.717, 1.165) is 5.56 Å². The third-order valence-electron chi connectivity index (χ3n) is 3.87. The van der Waals surface area contributed by atoms with Crippen molar-refractivity contribution in [1.29, 1.82) is 0 Å². The van der Waals surface area contributed by atoms with Crippen LogP contribution in [0.2, 0.25) is 0 Å². The maximum absolute atomic E-state index is 12.1. The largest absolute Gasteiger partial charge is 0.295 e. The van der Waals surface area contributed by atoms with Crippen LogP contribution in [0.3, 0.4) is 0 Å². The molecule has 0 aliphatic carbocycles. The fourth-order valence-corrected chi connectivity index (χ4v) is 2.42. The van der Waals surface area contributed by atoms with E-state index in [9.17, 15) is 4.79 Å². The molecule has 24 heavy (non-hydrogen) atoms. The van der Waals surface area contributed by atoms with Crippen LogP contribution in [0.1, 0.15) is 31.2 Å². The predicted octanol–water partition coefficient (Wildman–Crippen LogP) is 2.62. The molecule has 1 aromatic heterocycles. The summed E-state index contributed by atoms with van der Waals surface area (Å²) in [4.78, 5) is 12.1. The number of carbonyl (C=O) groups excluding carboxylic acids is 1. The molecule has 1 aliphatic rings. The van der Waals surface area contributed by atoms with Crippen molar-refractivity contribution in [1.82, 2.24) is 14.8 Å². The topological polar surface area (TPSA) is 84.5 Å². The van der Waals surface area contributed by atoms with Crippen molar-refractivity contribution < 1.29 is 4.79 Å². The Bertz CT molecular complexity index is 768. The molecule has 7 nitrogen and oxygen atoms in total. The lowest BCUT2D eigenvalue weighted by Gasteiger charge is -2.10. The van der Waals surface area contributed by atoms with Crippen LogP contribution in [0, 0.1) is 12.3 Å². The van der Waals surface area contributed by atoms with Crippen molar-refractivity contribution in [2.24, 2.45) is 10.2 Å². The number of anilines is 1. The maximum Gasteiger partial charge on any atom is 0.231 e. The number of rotatable bonds is 8. The van der Waals surface area contributed by atoms with Crippen molar-refractivity contribution in [3.63, 3.8) is 0 Å². The molecule has 1 aromatic carbocycles. The molecule has 2 aromatic rings. The quantitative estimate of drug-likeness (QED) is 0.758. The summed E-state index contributed by atoms with van der Waals surface area (Å²) < 4.78 is 1.80. The van der Waals surface area contributed by atoms with E-state index in [1.165, 1.54) is 0 Å². The number of nitrogens with one attached hydrogen (secondary N) is 1. The lowest BCUT2D eigenvalue weighted by Crippen LogP contribution is -2.19. The molecule has 1 amide bonds. The number of amides is 1. The number of nitrogens with zero attached hydrogens (tertiary/aromatic N) is 5. The zero-order chi connectivity index (χ0) is 16.8. The van der Waals surface area contributed by atoms with Crippen molar-refractivity contribution in [3.05, 3.63) is 42.2 Å². The van der Waals surface area contributed by atoms with Gasteiger partial charge >= 0.3 is 0 Å². The average molecular weight is 322 g/mol. The zero-order valence-corrected chi connectivity index (χ0v) is 13.2. The summed E-state index contributed by atoms with van der Waals surface area (Å²) in [5, 5.41) is 18.7. The minimum absolute atomic E-state index is 0.130. The molecule has 0 spiro atoms. The van der Waals surface area contributed by atoms with E-state index < -0.39 is 5.66 Å². The number of hydrogen-bond acceptors (Lipinski definition) is 5. The Balaban J connectivity index is 1.52. The molecule has 0 saturated heterocycles. The summed E-state index contributed by atoms with van der Waals surface area (Å²) in [5.41, 5.74) is 0.665. The number of terminal acetylenes is 1.